The number of halogens is 2. The van der Waals surface area contributed by atoms with Crippen molar-refractivity contribution in [2.45, 2.75) is 33.2 Å². The third kappa shape index (κ3) is 5.03. The molecule has 2 aromatic carbocycles. The van der Waals surface area contributed by atoms with E-state index in [4.69, 9.17) is 11.6 Å². The van der Waals surface area contributed by atoms with Crippen LogP contribution in [0.3, 0.4) is 0 Å². The molecule has 0 saturated heterocycles. The van der Waals surface area contributed by atoms with Crippen molar-refractivity contribution < 1.29 is 9.18 Å². The summed E-state index contributed by atoms with van der Waals surface area (Å²) >= 11 is 6.05. The van der Waals surface area contributed by atoms with Crippen LogP contribution in [0.2, 0.25) is 5.02 Å². The highest BCUT2D eigenvalue weighted by atomic mass is 35.5. The molecule has 0 saturated carbocycles. The maximum Gasteiger partial charge on any atom is 0.238 e. The van der Waals surface area contributed by atoms with Gasteiger partial charge in [0.25, 0.3) is 0 Å². The van der Waals surface area contributed by atoms with Crippen molar-refractivity contribution in [2.24, 2.45) is 0 Å². The molecule has 0 aliphatic heterocycles. The van der Waals surface area contributed by atoms with E-state index in [1.807, 2.05) is 25.1 Å². The van der Waals surface area contributed by atoms with Gasteiger partial charge >= 0.3 is 0 Å². The topological polar surface area (TPSA) is 32.3 Å². The van der Waals surface area contributed by atoms with Crippen molar-refractivity contribution in [3.05, 3.63) is 63.9 Å². The number of likely N-dealkylation sites (N-methyl/N-ethyl adjacent to an activating group) is 1. The molecule has 0 heterocycles. The number of anilines is 1. The normalized spacial score (nSPS) is 11.2. The Kier molecular flexibility index (Phi) is 6.57. The molecule has 5 heteroatoms. The van der Waals surface area contributed by atoms with Crippen molar-refractivity contribution in [1.82, 2.24) is 4.90 Å². The van der Waals surface area contributed by atoms with E-state index < -0.39 is 0 Å². The van der Waals surface area contributed by atoms with Crippen LogP contribution < -0.4 is 5.32 Å². The van der Waals surface area contributed by atoms with E-state index in [1.165, 1.54) is 6.07 Å². The molecule has 3 nitrogen and oxygen atoms in total. The van der Waals surface area contributed by atoms with Gasteiger partial charge in [-0.2, -0.15) is 0 Å². The van der Waals surface area contributed by atoms with Gasteiger partial charge in [-0.25, -0.2) is 4.39 Å². The van der Waals surface area contributed by atoms with Gasteiger partial charge in [-0.05, 0) is 43.1 Å². The summed E-state index contributed by atoms with van der Waals surface area (Å²) in [5, 5.41) is 3.37. The number of nitrogens with zero attached hydrogens (tertiary/aromatic N) is 1. The lowest BCUT2D eigenvalue weighted by molar-refractivity contribution is -0.117. The van der Waals surface area contributed by atoms with Crippen LogP contribution in [0.25, 0.3) is 0 Å². The standard InChI is InChI=1S/C20H24ClFN2O/c1-13(2)15-8-5-7-14(3)20(15)23-19(25)12-24(4)11-16-17(21)9-6-10-18(16)22/h5-10,13H,11-12H2,1-4H3,(H,23,25). The molecule has 0 radical (unpaired) electrons. The van der Waals surface area contributed by atoms with Gasteiger partial charge < -0.3 is 5.32 Å². The Morgan fingerprint density at radius 3 is 2.56 bits per heavy atom. The van der Waals surface area contributed by atoms with Gasteiger partial charge in [-0.1, -0.05) is 49.7 Å². The number of rotatable bonds is 6. The zero-order chi connectivity index (χ0) is 18.6. The molecule has 25 heavy (non-hydrogen) atoms. The van der Waals surface area contributed by atoms with Crippen molar-refractivity contribution in [3.63, 3.8) is 0 Å². The van der Waals surface area contributed by atoms with Gasteiger partial charge in [0.05, 0.1) is 6.54 Å². The molecule has 2 rings (SSSR count). The van der Waals surface area contributed by atoms with Crippen LogP contribution in [0.15, 0.2) is 36.4 Å². The molecular formula is C20H24ClFN2O. The minimum absolute atomic E-state index is 0.133. The van der Waals surface area contributed by atoms with Crippen LogP contribution in [-0.2, 0) is 11.3 Å². The summed E-state index contributed by atoms with van der Waals surface area (Å²) in [5.41, 5.74) is 3.39. The molecule has 0 aliphatic rings. The SMILES string of the molecule is Cc1cccc(C(C)C)c1NC(=O)CN(C)Cc1c(F)cccc1Cl. The van der Waals surface area contributed by atoms with Crippen molar-refractivity contribution in [3.8, 4) is 0 Å². The average Bonchev–Trinajstić information content (AvgIpc) is 2.52. The molecule has 0 unspecified atom stereocenters. The molecule has 0 spiro atoms. The van der Waals surface area contributed by atoms with Gasteiger partial charge in [0, 0.05) is 22.8 Å². The van der Waals surface area contributed by atoms with Crippen LogP contribution in [-0.4, -0.2) is 24.4 Å². The van der Waals surface area contributed by atoms with Crippen LogP contribution in [0.1, 0.15) is 36.5 Å². The van der Waals surface area contributed by atoms with Crippen molar-refractivity contribution in [1.29, 1.82) is 0 Å². The van der Waals surface area contributed by atoms with E-state index in [0.717, 1.165) is 16.8 Å². The maximum absolute atomic E-state index is 13.9. The van der Waals surface area contributed by atoms with Gasteiger partial charge in [0.1, 0.15) is 5.82 Å². The molecule has 1 amide bonds. The summed E-state index contributed by atoms with van der Waals surface area (Å²) < 4.78 is 13.9. The fraction of sp³-hybridized carbons (Fsp3) is 0.350. The fourth-order valence-electron chi connectivity index (χ4n) is 2.78. The van der Waals surface area contributed by atoms with Crippen LogP contribution >= 0.6 is 11.6 Å². The van der Waals surface area contributed by atoms with Crippen molar-refractivity contribution >= 4 is 23.2 Å². The van der Waals surface area contributed by atoms with Crippen LogP contribution in [0.4, 0.5) is 10.1 Å². The highest BCUT2D eigenvalue weighted by Gasteiger charge is 2.15. The van der Waals surface area contributed by atoms with E-state index in [0.29, 0.717) is 16.5 Å². The number of benzene rings is 2. The zero-order valence-electron chi connectivity index (χ0n) is 15.1. The number of carbonyl (C=O) groups is 1. The van der Waals surface area contributed by atoms with E-state index in [2.05, 4.69) is 19.2 Å². The van der Waals surface area contributed by atoms with E-state index >= 15 is 0 Å². The van der Waals surface area contributed by atoms with E-state index in [9.17, 15) is 9.18 Å². The van der Waals surface area contributed by atoms with Gasteiger partial charge in [-0.15, -0.1) is 0 Å². The Labute approximate surface area is 153 Å². The smallest absolute Gasteiger partial charge is 0.238 e. The van der Waals surface area contributed by atoms with E-state index in [1.54, 1.807) is 24.1 Å². The number of hydrogen-bond acceptors (Lipinski definition) is 2. The highest BCUT2D eigenvalue weighted by molar-refractivity contribution is 6.31. The summed E-state index contributed by atoms with van der Waals surface area (Å²) in [6.07, 6.45) is 0. The second-order valence-electron chi connectivity index (χ2n) is 6.61. The largest absolute Gasteiger partial charge is 0.324 e. The lowest BCUT2D eigenvalue weighted by atomic mass is 9.98. The third-order valence-corrected chi connectivity index (χ3v) is 4.45. The average molecular weight is 363 g/mol. The molecule has 1 N–H and O–H groups in total. The minimum atomic E-state index is -0.360. The Balaban J connectivity index is 2.06. The molecule has 0 atom stereocenters. The Bertz CT molecular complexity index is 741. The summed E-state index contributed by atoms with van der Waals surface area (Å²) in [7, 11) is 1.77. The quantitative estimate of drug-likeness (QED) is 0.785. The monoisotopic (exact) mass is 362 g/mol. The number of nitrogens with one attached hydrogen (secondary N) is 1. The predicted molar refractivity (Wildman–Crippen MR) is 102 cm³/mol. The number of carbonyl (C=O) groups excluding carboxylic acids is 1. The lowest BCUT2D eigenvalue weighted by Crippen LogP contribution is -2.30. The Morgan fingerprint density at radius 1 is 1.24 bits per heavy atom. The number of aryl methyl sites for hydroxylation is 1. The lowest BCUT2D eigenvalue weighted by Gasteiger charge is -2.20. The number of amides is 1. The molecule has 0 aromatic heterocycles. The van der Waals surface area contributed by atoms with Gasteiger partial charge in [0.2, 0.25) is 5.91 Å². The van der Waals surface area contributed by atoms with Gasteiger partial charge in [0.15, 0.2) is 0 Å². The number of para-hydroxylation sites is 1. The molecule has 0 fully saturated rings. The zero-order valence-corrected chi connectivity index (χ0v) is 15.8. The number of hydrogen-bond donors (Lipinski definition) is 1. The summed E-state index contributed by atoms with van der Waals surface area (Å²) in [4.78, 5) is 14.2. The Hall–Kier alpha value is -1.91. The van der Waals surface area contributed by atoms with Gasteiger partial charge in [-0.3, -0.25) is 9.69 Å². The highest BCUT2D eigenvalue weighted by Crippen LogP contribution is 2.27. The summed E-state index contributed by atoms with van der Waals surface area (Å²) in [6.45, 7) is 6.58. The minimum Gasteiger partial charge on any atom is -0.324 e. The second-order valence-corrected chi connectivity index (χ2v) is 7.02. The molecular weight excluding hydrogens is 339 g/mol. The first-order valence-corrected chi connectivity index (χ1v) is 8.68. The van der Waals surface area contributed by atoms with Crippen LogP contribution in [0.5, 0.6) is 0 Å². The summed E-state index contributed by atoms with van der Waals surface area (Å²) in [5.74, 6) is -0.183. The molecule has 134 valence electrons. The molecule has 0 aliphatic carbocycles. The van der Waals surface area contributed by atoms with Crippen molar-refractivity contribution in [2.75, 3.05) is 18.9 Å². The predicted octanol–water partition coefficient (Wildman–Crippen LogP) is 4.98. The first-order valence-electron chi connectivity index (χ1n) is 8.30. The third-order valence-electron chi connectivity index (χ3n) is 4.09. The summed E-state index contributed by atoms with van der Waals surface area (Å²) in [6, 6.07) is 10.6. The molecule has 0 bridgehead atoms. The van der Waals surface area contributed by atoms with Crippen LogP contribution in [0, 0.1) is 12.7 Å². The second kappa shape index (κ2) is 8.45. The maximum atomic E-state index is 13.9. The first-order chi connectivity index (χ1) is 11.8. The Morgan fingerprint density at radius 2 is 1.92 bits per heavy atom. The first kappa shape index (κ1) is 19.4. The molecule has 2 aromatic rings. The van der Waals surface area contributed by atoms with E-state index in [-0.39, 0.29) is 24.8 Å². The fourth-order valence-corrected chi connectivity index (χ4v) is 3.00.